The predicted octanol–water partition coefficient (Wildman–Crippen LogP) is 2.16. The van der Waals surface area contributed by atoms with Crippen LogP contribution in [-0.4, -0.2) is 47.9 Å². The van der Waals surface area contributed by atoms with Crippen molar-refractivity contribution in [1.82, 2.24) is 15.1 Å². The zero-order valence-electron chi connectivity index (χ0n) is 12.2. The Morgan fingerprint density at radius 2 is 2.29 bits per heavy atom. The highest BCUT2D eigenvalue weighted by molar-refractivity contribution is 5.88. The van der Waals surface area contributed by atoms with Gasteiger partial charge in [-0.1, -0.05) is 6.08 Å². The van der Waals surface area contributed by atoms with Crippen LogP contribution in [-0.2, 0) is 4.74 Å². The van der Waals surface area contributed by atoms with Gasteiger partial charge in [0.2, 0.25) is 0 Å². The SMILES string of the molecule is COCC1=CCN(C(=O)Nc2ccc(C3CC3)nn2)CC1. The second kappa shape index (κ2) is 6.22. The topological polar surface area (TPSA) is 67.3 Å². The molecule has 1 aromatic rings. The highest BCUT2D eigenvalue weighted by Crippen LogP contribution is 2.38. The van der Waals surface area contributed by atoms with E-state index in [4.69, 9.17) is 4.74 Å². The van der Waals surface area contributed by atoms with Crippen molar-refractivity contribution in [1.29, 1.82) is 0 Å². The molecule has 1 aromatic heterocycles. The lowest BCUT2D eigenvalue weighted by Crippen LogP contribution is -2.38. The van der Waals surface area contributed by atoms with Crippen molar-refractivity contribution in [3.05, 3.63) is 29.5 Å². The van der Waals surface area contributed by atoms with Gasteiger partial charge in [-0.15, -0.1) is 5.10 Å². The van der Waals surface area contributed by atoms with E-state index in [2.05, 4.69) is 21.6 Å². The summed E-state index contributed by atoms with van der Waals surface area (Å²) in [6, 6.07) is 3.65. The Hall–Kier alpha value is -1.95. The molecule has 6 nitrogen and oxygen atoms in total. The van der Waals surface area contributed by atoms with Gasteiger partial charge in [0.1, 0.15) is 0 Å². The number of hydrogen-bond acceptors (Lipinski definition) is 4. The van der Waals surface area contributed by atoms with E-state index in [0.717, 1.165) is 12.1 Å². The van der Waals surface area contributed by atoms with Crippen LogP contribution in [0, 0.1) is 0 Å². The average Bonchev–Trinajstić information content (AvgIpc) is 3.34. The second-order valence-corrected chi connectivity index (χ2v) is 5.54. The summed E-state index contributed by atoms with van der Waals surface area (Å²) in [5.41, 5.74) is 2.27. The average molecular weight is 288 g/mol. The van der Waals surface area contributed by atoms with E-state index < -0.39 is 0 Å². The molecule has 0 saturated heterocycles. The third kappa shape index (κ3) is 3.58. The van der Waals surface area contributed by atoms with Crippen molar-refractivity contribution < 1.29 is 9.53 Å². The Kier molecular flexibility index (Phi) is 4.15. The fraction of sp³-hybridized carbons (Fsp3) is 0.533. The first-order valence-corrected chi connectivity index (χ1v) is 7.32. The van der Waals surface area contributed by atoms with Gasteiger partial charge in [-0.25, -0.2) is 4.79 Å². The molecule has 2 amide bonds. The van der Waals surface area contributed by atoms with E-state index in [1.807, 2.05) is 12.1 Å². The molecule has 0 unspecified atom stereocenters. The van der Waals surface area contributed by atoms with Crippen LogP contribution in [0.4, 0.5) is 10.6 Å². The molecule has 112 valence electrons. The maximum Gasteiger partial charge on any atom is 0.323 e. The smallest absolute Gasteiger partial charge is 0.323 e. The Bertz CT molecular complexity index is 537. The molecule has 3 rings (SSSR count). The lowest BCUT2D eigenvalue weighted by Gasteiger charge is -2.26. The predicted molar refractivity (Wildman–Crippen MR) is 79.2 cm³/mol. The molecule has 0 atom stereocenters. The Morgan fingerprint density at radius 1 is 1.43 bits per heavy atom. The number of carbonyl (C=O) groups excluding carboxylic acids is 1. The summed E-state index contributed by atoms with van der Waals surface area (Å²) in [5, 5.41) is 11.0. The first-order valence-electron chi connectivity index (χ1n) is 7.32. The summed E-state index contributed by atoms with van der Waals surface area (Å²) < 4.78 is 5.10. The first-order chi connectivity index (χ1) is 10.3. The molecule has 0 bridgehead atoms. The third-order valence-corrected chi connectivity index (χ3v) is 3.84. The van der Waals surface area contributed by atoms with Crippen LogP contribution >= 0.6 is 0 Å². The molecule has 1 saturated carbocycles. The van der Waals surface area contributed by atoms with E-state index >= 15 is 0 Å². The van der Waals surface area contributed by atoms with Crippen molar-refractivity contribution in [2.24, 2.45) is 0 Å². The molecule has 1 N–H and O–H groups in total. The van der Waals surface area contributed by atoms with Gasteiger partial charge in [-0.3, -0.25) is 5.32 Å². The standard InChI is InChI=1S/C15H20N4O2/c1-21-10-11-6-8-19(9-7-11)15(20)16-14-5-4-13(17-18-14)12-2-3-12/h4-6,12H,2-3,7-10H2,1H3,(H,16,18,20). The van der Waals surface area contributed by atoms with Crippen LogP contribution < -0.4 is 5.32 Å². The fourth-order valence-electron chi connectivity index (χ4n) is 2.41. The minimum absolute atomic E-state index is 0.129. The van der Waals surface area contributed by atoms with Gasteiger partial charge in [-0.2, -0.15) is 5.10 Å². The molecule has 21 heavy (non-hydrogen) atoms. The van der Waals surface area contributed by atoms with E-state index in [-0.39, 0.29) is 6.03 Å². The minimum Gasteiger partial charge on any atom is -0.380 e. The molecule has 1 aliphatic heterocycles. The number of nitrogens with one attached hydrogen (secondary N) is 1. The fourth-order valence-corrected chi connectivity index (χ4v) is 2.41. The van der Waals surface area contributed by atoms with E-state index in [9.17, 15) is 4.79 Å². The molecule has 0 spiro atoms. The lowest BCUT2D eigenvalue weighted by atomic mass is 10.1. The van der Waals surface area contributed by atoms with E-state index in [1.165, 1.54) is 18.4 Å². The van der Waals surface area contributed by atoms with Gasteiger partial charge in [0.05, 0.1) is 12.3 Å². The maximum absolute atomic E-state index is 12.1. The second-order valence-electron chi connectivity index (χ2n) is 5.54. The minimum atomic E-state index is -0.129. The summed E-state index contributed by atoms with van der Waals surface area (Å²) in [6.07, 6.45) is 5.30. The maximum atomic E-state index is 12.1. The van der Waals surface area contributed by atoms with Crippen molar-refractivity contribution in [3.63, 3.8) is 0 Å². The number of carbonyl (C=O) groups is 1. The number of anilines is 1. The van der Waals surface area contributed by atoms with Gasteiger partial charge < -0.3 is 9.64 Å². The van der Waals surface area contributed by atoms with Crippen molar-refractivity contribution in [3.8, 4) is 0 Å². The number of ether oxygens (including phenoxy) is 1. The number of hydrogen-bond donors (Lipinski definition) is 1. The number of methoxy groups -OCH3 is 1. The molecule has 0 radical (unpaired) electrons. The van der Waals surface area contributed by atoms with Gasteiger partial charge in [-0.05, 0) is 37.0 Å². The summed E-state index contributed by atoms with van der Waals surface area (Å²) in [7, 11) is 1.68. The van der Waals surface area contributed by atoms with E-state index in [1.54, 1.807) is 12.0 Å². The molecule has 1 aliphatic carbocycles. The number of urea groups is 1. The van der Waals surface area contributed by atoms with Crippen LogP contribution in [0.25, 0.3) is 0 Å². The van der Waals surface area contributed by atoms with Crippen molar-refractivity contribution >= 4 is 11.8 Å². The highest BCUT2D eigenvalue weighted by Gasteiger charge is 2.25. The quantitative estimate of drug-likeness (QED) is 0.862. The van der Waals surface area contributed by atoms with Crippen molar-refractivity contribution in [2.45, 2.75) is 25.2 Å². The zero-order valence-corrected chi connectivity index (χ0v) is 12.2. The number of nitrogens with zero attached hydrogens (tertiary/aromatic N) is 3. The summed E-state index contributed by atoms with van der Waals surface area (Å²) >= 11 is 0. The first kappa shape index (κ1) is 14.0. The normalized spacial score (nSPS) is 18.3. The van der Waals surface area contributed by atoms with Crippen LogP contribution in [0.2, 0.25) is 0 Å². The summed E-state index contributed by atoms with van der Waals surface area (Å²) in [5.74, 6) is 1.09. The third-order valence-electron chi connectivity index (χ3n) is 3.84. The molecule has 6 heteroatoms. The Labute approximate surface area is 124 Å². The zero-order chi connectivity index (χ0) is 14.7. The summed E-state index contributed by atoms with van der Waals surface area (Å²) in [6.45, 7) is 1.95. The lowest BCUT2D eigenvalue weighted by molar-refractivity contribution is 0.203. The molecule has 2 aliphatic rings. The largest absolute Gasteiger partial charge is 0.380 e. The van der Waals surface area contributed by atoms with Crippen LogP contribution in [0.15, 0.2) is 23.8 Å². The number of aromatic nitrogens is 2. The van der Waals surface area contributed by atoms with Gasteiger partial charge >= 0.3 is 6.03 Å². The van der Waals surface area contributed by atoms with E-state index in [0.29, 0.717) is 31.4 Å². The molecular formula is C15H20N4O2. The highest BCUT2D eigenvalue weighted by atomic mass is 16.5. The number of amides is 2. The monoisotopic (exact) mass is 288 g/mol. The summed E-state index contributed by atoms with van der Waals surface area (Å²) in [4.78, 5) is 13.9. The Morgan fingerprint density at radius 3 is 2.86 bits per heavy atom. The van der Waals surface area contributed by atoms with Gasteiger partial charge in [0, 0.05) is 26.1 Å². The molecule has 2 heterocycles. The molecule has 0 aromatic carbocycles. The van der Waals surface area contributed by atoms with Gasteiger partial charge in [0.25, 0.3) is 0 Å². The number of rotatable bonds is 4. The molecular weight excluding hydrogens is 268 g/mol. The van der Waals surface area contributed by atoms with Gasteiger partial charge in [0.15, 0.2) is 5.82 Å². The van der Waals surface area contributed by atoms with Crippen LogP contribution in [0.5, 0.6) is 0 Å². The Balaban J connectivity index is 1.54. The molecule has 1 fully saturated rings. The van der Waals surface area contributed by atoms with Crippen molar-refractivity contribution in [2.75, 3.05) is 32.1 Å². The van der Waals surface area contributed by atoms with Crippen LogP contribution in [0.3, 0.4) is 0 Å². The van der Waals surface area contributed by atoms with Crippen LogP contribution in [0.1, 0.15) is 30.9 Å².